The third kappa shape index (κ3) is 3.52. The number of methoxy groups -OCH3 is 1. The highest BCUT2D eigenvalue weighted by Gasteiger charge is 2.17. The van der Waals surface area contributed by atoms with Gasteiger partial charge in [-0.1, -0.05) is 0 Å². The molecule has 0 saturated heterocycles. The summed E-state index contributed by atoms with van der Waals surface area (Å²) in [5.41, 5.74) is 12.3. The second-order valence-electron chi connectivity index (χ2n) is 5.08. The molecule has 0 aliphatic carbocycles. The van der Waals surface area contributed by atoms with Gasteiger partial charge in [0.2, 0.25) is 0 Å². The van der Waals surface area contributed by atoms with Crippen LogP contribution in [0.1, 0.15) is 21.5 Å². The molecule has 0 radical (unpaired) electrons. The molecule has 7 heteroatoms. The SMILES string of the molecule is COCCOc1cc2oc(=O)c(CCN)c(C)c2cc1C(N)=O. The first-order valence-electron chi connectivity index (χ1n) is 7.21. The predicted octanol–water partition coefficient (Wildman–Crippen LogP) is 0.727. The van der Waals surface area contributed by atoms with Crippen LogP contribution in [0.25, 0.3) is 11.0 Å². The fraction of sp³-hybridized carbons (Fsp3) is 0.375. The van der Waals surface area contributed by atoms with Crippen molar-refractivity contribution in [3.8, 4) is 5.75 Å². The van der Waals surface area contributed by atoms with Crippen LogP contribution in [0.15, 0.2) is 21.3 Å². The highest BCUT2D eigenvalue weighted by atomic mass is 16.5. The van der Waals surface area contributed by atoms with Crippen molar-refractivity contribution in [2.75, 3.05) is 26.9 Å². The summed E-state index contributed by atoms with van der Waals surface area (Å²) in [7, 11) is 1.54. The van der Waals surface area contributed by atoms with Crippen LogP contribution in [-0.2, 0) is 11.2 Å². The van der Waals surface area contributed by atoms with Crippen LogP contribution in [-0.4, -0.2) is 32.8 Å². The van der Waals surface area contributed by atoms with E-state index < -0.39 is 11.5 Å². The maximum Gasteiger partial charge on any atom is 0.339 e. The molecule has 0 aliphatic heterocycles. The number of hydrogen-bond donors (Lipinski definition) is 2. The van der Waals surface area contributed by atoms with Crippen LogP contribution in [0.3, 0.4) is 0 Å². The van der Waals surface area contributed by atoms with Crippen molar-refractivity contribution in [3.05, 3.63) is 39.2 Å². The number of primary amides is 1. The zero-order chi connectivity index (χ0) is 17.0. The Hall–Kier alpha value is -2.38. The minimum atomic E-state index is -0.620. The number of hydrogen-bond acceptors (Lipinski definition) is 6. The Morgan fingerprint density at radius 1 is 1.30 bits per heavy atom. The minimum Gasteiger partial charge on any atom is -0.490 e. The molecular formula is C16H20N2O5. The lowest BCUT2D eigenvalue weighted by atomic mass is 10.0. The number of fused-ring (bicyclic) bond motifs is 1. The van der Waals surface area contributed by atoms with Gasteiger partial charge < -0.3 is 25.4 Å². The van der Waals surface area contributed by atoms with Gasteiger partial charge >= 0.3 is 5.63 Å². The standard InChI is InChI=1S/C16H20N2O5/c1-9-10(3-4-17)16(20)23-14-8-13(22-6-5-21-2)12(15(18)19)7-11(9)14/h7-8H,3-6,17H2,1-2H3,(H2,18,19). The van der Waals surface area contributed by atoms with Crippen molar-refractivity contribution in [1.82, 2.24) is 0 Å². The van der Waals surface area contributed by atoms with Gasteiger partial charge in [-0.25, -0.2) is 4.79 Å². The second kappa shape index (κ2) is 7.26. The summed E-state index contributed by atoms with van der Waals surface area (Å²) in [6.45, 7) is 2.73. The van der Waals surface area contributed by atoms with Crippen LogP contribution in [0.4, 0.5) is 0 Å². The van der Waals surface area contributed by atoms with Gasteiger partial charge in [0.05, 0.1) is 12.2 Å². The molecule has 0 bridgehead atoms. The van der Waals surface area contributed by atoms with Crippen LogP contribution in [0.2, 0.25) is 0 Å². The maximum atomic E-state index is 12.1. The summed E-state index contributed by atoms with van der Waals surface area (Å²) in [5.74, 6) is -0.360. The van der Waals surface area contributed by atoms with E-state index in [1.807, 2.05) is 0 Å². The minimum absolute atomic E-state index is 0.226. The van der Waals surface area contributed by atoms with Gasteiger partial charge in [-0.15, -0.1) is 0 Å². The molecule has 0 aliphatic rings. The van der Waals surface area contributed by atoms with E-state index >= 15 is 0 Å². The smallest absolute Gasteiger partial charge is 0.339 e. The number of aryl methyl sites for hydroxylation is 1. The summed E-state index contributed by atoms with van der Waals surface area (Å²) in [6, 6.07) is 3.09. The molecule has 0 fully saturated rings. The molecule has 1 aromatic carbocycles. The summed E-state index contributed by atoms with van der Waals surface area (Å²) in [5, 5.41) is 0.640. The zero-order valence-corrected chi connectivity index (χ0v) is 13.2. The van der Waals surface area contributed by atoms with E-state index in [2.05, 4.69) is 0 Å². The van der Waals surface area contributed by atoms with Crippen molar-refractivity contribution in [1.29, 1.82) is 0 Å². The first-order valence-corrected chi connectivity index (χ1v) is 7.21. The fourth-order valence-electron chi connectivity index (χ4n) is 2.40. The van der Waals surface area contributed by atoms with Gasteiger partial charge in [0.25, 0.3) is 5.91 Å². The highest BCUT2D eigenvalue weighted by Crippen LogP contribution is 2.28. The first-order chi connectivity index (χ1) is 11.0. The van der Waals surface area contributed by atoms with Gasteiger partial charge in [0.15, 0.2) is 0 Å². The fourth-order valence-corrected chi connectivity index (χ4v) is 2.40. The molecule has 0 saturated carbocycles. The molecule has 7 nitrogen and oxygen atoms in total. The van der Waals surface area contributed by atoms with Gasteiger partial charge in [-0.3, -0.25) is 4.79 Å². The quantitative estimate of drug-likeness (QED) is 0.573. The Morgan fingerprint density at radius 3 is 2.65 bits per heavy atom. The lowest BCUT2D eigenvalue weighted by molar-refractivity contribution is 0.0992. The third-order valence-corrected chi connectivity index (χ3v) is 3.59. The average molecular weight is 320 g/mol. The Kier molecular flexibility index (Phi) is 5.36. The highest BCUT2D eigenvalue weighted by molar-refractivity contribution is 6.00. The molecule has 1 heterocycles. The molecule has 2 rings (SSSR count). The Balaban J connectivity index is 2.62. The van der Waals surface area contributed by atoms with Gasteiger partial charge in [-0.2, -0.15) is 0 Å². The van der Waals surface area contributed by atoms with E-state index in [0.717, 1.165) is 5.56 Å². The second-order valence-corrected chi connectivity index (χ2v) is 5.08. The van der Waals surface area contributed by atoms with E-state index in [9.17, 15) is 9.59 Å². The normalized spacial score (nSPS) is 10.9. The lowest BCUT2D eigenvalue weighted by Crippen LogP contribution is -2.17. The molecular weight excluding hydrogens is 300 g/mol. The summed E-state index contributed by atoms with van der Waals surface area (Å²) in [4.78, 5) is 23.7. The van der Waals surface area contributed by atoms with E-state index in [0.29, 0.717) is 36.1 Å². The van der Waals surface area contributed by atoms with E-state index in [1.165, 1.54) is 6.07 Å². The van der Waals surface area contributed by atoms with Crippen molar-refractivity contribution in [2.24, 2.45) is 11.5 Å². The number of ether oxygens (including phenoxy) is 2. The molecule has 1 aromatic heterocycles. The van der Waals surface area contributed by atoms with Crippen LogP contribution >= 0.6 is 0 Å². The van der Waals surface area contributed by atoms with E-state index in [4.69, 9.17) is 25.4 Å². The van der Waals surface area contributed by atoms with Crippen LogP contribution in [0.5, 0.6) is 5.75 Å². The molecule has 4 N–H and O–H groups in total. The monoisotopic (exact) mass is 320 g/mol. The number of carbonyl (C=O) groups excluding carboxylic acids is 1. The van der Waals surface area contributed by atoms with Crippen LogP contribution < -0.4 is 21.8 Å². The third-order valence-electron chi connectivity index (χ3n) is 3.59. The number of benzene rings is 1. The molecule has 0 atom stereocenters. The van der Waals surface area contributed by atoms with Gasteiger partial charge in [-0.05, 0) is 31.5 Å². The van der Waals surface area contributed by atoms with Crippen molar-refractivity contribution in [3.63, 3.8) is 0 Å². The molecule has 0 unspecified atom stereocenters. The van der Waals surface area contributed by atoms with Gasteiger partial charge in [0, 0.05) is 24.1 Å². The lowest BCUT2D eigenvalue weighted by Gasteiger charge is -2.12. The van der Waals surface area contributed by atoms with E-state index in [1.54, 1.807) is 20.1 Å². The largest absolute Gasteiger partial charge is 0.490 e. The maximum absolute atomic E-state index is 12.1. The summed E-state index contributed by atoms with van der Waals surface area (Å²) < 4.78 is 15.7. The van der Waals surface area contributed by atoms with E-state index in [-0.39, 0.29) is 17.9 Å². The average Bonchev–Trinajstić information content (AvgIpc) is 2.51. The molecule has 2 aromatic rings. The Bertz CT molecular complexity index is 782. The van der Waals surface area contributed by atoms with Gasteiger partial charge in [0.1, 0.15) is 17.9 Å². The summed E-state index contributed by atoms with van der Waals surface area (Å²) in [6.07, 6.45) is 0.405. The van der Waals surface area contributed by atoms with Crippen molar-refractivity contribution < 1.29 is 18.7 Å². The molecule has 0 spiro atoms. The molecule has 1 amide bonds. The first kappa shape index (κ1) is 17.0. The number of rotatable bonds is 7. The summed E-state index contributed by atoms with van der Waals surface area (Å²) >= 11 is 0. The molecule has 23 heavy (non-hydrogen) atoms. The molecule has 124 valence electrons. The zero-order valence-electron chi connectivity index (χ0n) is 13.2. The number of amides is 1. The number of carbonyl (C=O) groups is 1. The predicted molar refractivity (Wildman–Crippen MR) is 85.9 cm³/mol. The Morgan fingerprint density at radius 2 is 2.04 bits per heavy atom. The topological polar surface area (TPSA) is 118 Å². The number of nitrogens with two attached hydrogens (primary N) is 2. The van der Waals surface area contributed by atoms with Crippen LogP contribution in [0, 0.1) is 6.92 Å². The Labute approximate surface area is 133 Å². The van der Waals surface area contributed by atoms with Crippen molar-refractivity contribution in [2.45, 2.75) is 13.3 Å². The van der Waals surface area contributed by atoms with Crippen molar-refractivity contribution >= 4 is 16.9 Å².